The normalized spacial score (nSPS) is 17.6. The molecule has 0 bridgehead atoms. The van der Waals surface area contributed by atoms with E-state index in [1.165, 1.54) is 26.2 Å². The minimum atomic E-state index is -3.87. The van der Waals surface area contributed by atoms with Gasteiger partial charge in [-0.3, -0.25) is 4.79 Å². The number of amides is 1. The van der Waals surface area contributed by atoms with Gasteiger partial charge < -0.3 is 15.7 Å². The van der Waals surface area contributed by atoms with Crippen molar-refractivity contribution in [3.05, 3.63) is 65.7 Å². The molecule has 2 aromatic carbocycles. The predicted octanol–water partition coefficient (Wildman–Crippen LogP) is 1.66. The first-order valence-corrected chi connectivity index (χ1v) is 11.1. The molecule has 1 aliphatic heterocycles. The maximum absolute atomic E-state index is 13.4. The first-order chi connectivity index (χ1) is 13.8. The highest BCUT2D eigenvalue weighted by molar-refractivity contribution is 7.89. The minimum absolute atomic E-state index is 0.0450. The predicted molar refractivity (Wildman–Crippen MR) is 112 cm³/mol. The number of aromatic hydroxyl groups is 1. The summed E-state index contributed by atoms with van der Waals surface area (Å²) in [6, 6.07) is 15.6. The first-order valence-electron chi connectivity index (χ1n) is 9.55. The molecule has 2 aromatic rings. The third-order valence-corrected chi connectivity index (χ3v) is 7.75. The van der Waals surface area contributed by atoms with E-state index in [1.54, 1.807) is 12.1 Å². The third kappa shape index (κ3) is 4.14. The number of hydrogen-bond acceptors (Lipinski definition) is 5. The Morgan fingerprint density at radius 1 is 1.07 bits per heavy atom. The summed E-state index contributed by atoms with van der Waals surface area (Å²) < 4.78 is 27.9. The van der Waals surface area contributed by atoms with Crippen LogP contribution >= 0.6 is 0 Å². The summed E-state index contributed by atoms with van der Waals surface area (Å²) in [4.78, 5) is 13.0. The van der Waals surface area contributed by atoms with Crippen LogP contribution in [0.25, 0.3) is 0 Å². The van der Waals surface area contributed by atoms with E-state index in [0.717, 1.165) is 9.87 Å². The Hall–Kier alpha value is -2.42. The molecule has 1 saturated heterocycles. The van der Waals surface area contributed by atoms with Gasteiger partial charge in [-0.25, -0.2) is 12.7 Å². The van der Waals surface area contributed by atoms with Gasteiger partial charge in [-0.05, 0) is 43.6 Å². The number of sulfonamides is 1. The molecule has 3 rings (SSSR count). The number of benzene rings is 2. The van der Waals surface area contributed by atoms with Gasteiger partial charge in [-0.2, -0.15) is 0 Å². The second-order valence-electron chi connectivity index (χ2n) is 7.47. The Morgan fingerprint density at radius 3 is 2.24 bits per heavy atom. The van der Waals surface area contributed by atoms with Gasteiger partial charge in [-0.15, -0.1) is 0 Å². The zero-order valence-corrected chi connectivity index (χ0v) is 17.4. The number of hydrogen-bond donors (Lipinski definition) is 3. The van der Waals surface area contributed by atoms with Crippen molar-refractivity contribution >= 4 is 15.9 Å². The molecule has 7 nitrogen and oxygen atoms in total. The van der Waals surface area contributed by atoms with Crippen LogP contribution in [0.3, 0.4) is 0 Å². The van der Waals surface area contributed by atoms with Gasteiger partial charge in [0, 0.05) is 19.5 Å². The van der Waals surface area contributed by atoms with Gasteiger partial charge in [0.05, 0.1) is 5.56 Å². The smallest absolute Gasteiger partial charge is 0.256 e. The monoisotopic (exact) mass is 417 g/mol. The Morgan fingerprint density at radius 2 is 1.66 bits per heavy atom. The number of phenols is 1. The summed E-state index contributed by atoms with van der Waals surface area (Å²) in [5.41, 5.74) is 0.119. The Kier molecular flexibility index (Phi) is 6.26. The zero-order valence-electron chi connectivity index (χ0n) is 16.6. The number of nitrogens with zero attached hydrogens (tertiary/aromatic N) is 1. The van der Waals surface area contributed by atoms with Crippen molar-refractivity contribution in [1.82, 2.24) is 14.9 Å². The highest BCUT2D eigenvalue weighted by Crippen LogP contribution is 2.40. The molecule has 0 aliphatic carbocycles. The van der Waals surface area contributed by atoms with E-state index in [1.807, 2.05) is 30.3 Å². The van der Waals surface area contributed by atoms with E-state index in [-0.39, 0.29) is 11.3 Å². The van der Waals surface area contributed by atoms with Gasteiger partial charge in [-0.1, -0.05) is 42.5 Å². The third-order valence-electron chi connectivity index (χ3n) is 5.56. The molecule has 1 fully saturated rings. The number of phenolic OH excluding ortho intramolecular Hbond substituents is 1. The number of carbonyl (C=O) groups is 1. The van der Waals surface area contributed by atoms with E-state index in [4.69, 9.17) is 0 Å². The summed E-state index contributed by atoms with van der Waals surface area (Å²) in [5.74, 6) is -0.808. The highest BCUT2D eigenvalue weighted by atomic mass is 32.2. The molecule has 0 saturated carbocycles. The summed E-state index contributed by atoms with van der Waals surface area (Å²) in [7, 11) is -0.936. The molecule has 3 N–H and O–H groups in total. The Balaban J connectivity index is 2.11. The van der Waals surface area contributed by atoms with Gasteiger partial charge in [0.15, 0.2) is 5.37 Å². The molecule has 1 heterocycles. The van der Waals surface area contributed by atoms with Crippen LogP contribution in [0.1, 0.15) is 28.8 Å². The molecule has 1 atom stereocenters. The lowest BCUT2D eigenvalue weighted by Gasteiger charge is -2.44. The molecule has 0 spiro atoms. The van der Waals surface area contributed by atoms with Crippen LogP contribution in [-0.4, -0.2) is 56.3 Å². The van der Waals surface area contributed by atoms with Crippen LogP contribution in [0.4, 0.5) is 0 Å². The van der Waals surface area contributed by atoms with Crippen LogP contribution in [0.15, 0.2) is 54.6 Å². The van der Waals surface area contributed by atoms with E-state index in [0.29, 0.717) is 25.9 Å². The largest absolute Gasteiger partial charge is 0.507 e. The molecule has 156 valence electrons. The topological polar surface area (TPSA) is 98.7 Å². The second-order valence-corrected chi connectivity index (χ2v) is 9.70. The SMILES string of the molecule is CN(C)S(=O)(=O)C(NC(=O)c1ccccc1O)C1(c2ccccc2)CCNCC1. The lowest BCUT2D eigenvalue weighted by atomic mass is 9.72. The lowest BCUT2D eigenvalue weighted by molar-refractivity contribution is 0.0921. The summed E-state index contributed by atoms with van der Waals surface area (Å²) in [6.07, 6.45) is 1.10. The quantitative estimate of drug-likeness (QED) is 0.664. The fraction of sp³-hybridized carbons (Fsp3) is 0.381. The van der Waals surface area contributed by atoms with Gasteiger partial charge >= 0.3 is 0 Å². The van der Waals surface area contributed by atoms with Gasteiger partial charge in [0.25, 0.3) is 5.91 Å². The van der Waals surface area contributed by atoms with Crippen LogP contribution in [-0.2, 0) is 15.4 Å². The lowest BCUT2D eigenvalue weighted by Crippen LogP contribution is -2.60. The van der Waals surface area contributed by atoms with Crippen LogP contribution in [0, 0.1) is 0 Å². The minimum Gasteiger partial charge on any atom is -0.507 e. The molecule has 1 unspecified atom stereocenters. The maximum atomic E-state index is 13.4. The van der Waals surface area contributed by atoms with E-state index >= 15 is 0 Å². The van der Waals surface area contributed by atoms with Gasteiger partial charge in [0.2, 0.25) is 10.0 Å². The fourth-order valence-electron chi connectivity index (χ4n) is 3.92. The number of carbonyl (C=O) groups excluding carboxylic acids is 1. The molecule has 1 aliphatic rings. The Labute approximate surface area is 171 Å². The summed E-state index contributed by atoms with van der Waals surface area (Å²) >= 11 is 0. The Bertz CT molecular complexity index is 955. The van der Waals surface area contributed by atoms with E-state index < -0.39 is 26.7 Å². The molecule has 0 aromatic heterocycles. The van der Waals surface area contributed by atoms with Crippen molar-refractivity contribution in [1.29, 1.82) is 0 Å². The number of piperidine rings is 1. The second kappa shape index (κ2) is 8.52. The van der Waals surface area contributed by atoms with Crippen molar-refractivity contribution in [3.63, 3.8) is 0 Å². The maximum Gasteiger partial charge on any atom is 0.256 e. The average molecular weight is 418 g/mol. The van der Waals surface area contributed by atoms with Crippen molar-refractivity contribution in [2.75, 3.05) is 27.2 Å². The fourth-order valence-corrected chi connectivity index (χ4v) is 5.54. The average Bonchev–Trinajstić information content (AvgIpc) is 2.73. The molecule has 8 heteroatoms. The van der Waals surface area contributed by atoms with E-state index in [2.05, 4.69) is 10.6 Å². The number of nitrogens with one attached hydrogen (secondary N) is 2. The van der Waals surface area contributed by atoms with Gasteiger partial charge in [0.1, 0.15) is 5.75 Å². The summed E-state index contributed by atoms with van der Waals surface area (Å²) in [5, 5.41) is 14.9. The van der Waals surface area contributed by atoms with Crippen LogP contribution < -0.4 is 10.6 Å². The zero-order chi connectivity index (χ0) is 21.1. The highest BCUT2D eigenvalue weighted by Gasteiger charge is 2.49. The standard InChI is InChI=1S/C21H27N3O4S/c1-24(2)29(27,28)20(23-19(26)17-10-6-7-11-18(17)25)21(12-14-22-15-13-21)16-8-4-3-5-9-16/h3-11,20,22,25H,12-15H2,1-2H3,(H,23,26). The number of para-hydroxylation sites is 1. The van der Waals surface area contributed by atoms with Crippen LogP contribution in [0.5, 0.6) is 5.75 Å². The molecule has 29 heavy (non-hydrogen) atoms. The summed E-state index contributed by atoms with van der Waals surface area (Å²) in [6.45, 7) is 1.28. The van der Waals surface area contributed by atoms with Crippen molar-refractivity contribution in [3.8, 4) is 5.75 Å². The molecular formula is C21H27N3O4S. The van der Waals surface area contributed by atoms with Crippen molar-refractivity contribution in [2.24, 2.45) is 0 Å². The molecule has 0 radical (unpaired) electrons. The van der Waals surface area contributed by atoms with Crippen molar-refractivity contribution in [2.45, 2.75) is 23.6 Å². The van der Waals surface area contributed by atoms with E-state index in [9.17, 15) is 18.3 Å². The molecule has 1 amide bonds. The first kappa shape index (κ1) is 21.3. The van der Waals surface area contributed by atoms with Crippen molar-refractivity contribution < 1.29 is 18.3 Å². The number of rotatable bonds is 6. The molecular weight excluding hydrogens is 390 g/mol. The van der Waals surface area contributed by atoms with Crippen LogP contribution in [0.2, 0.25) is 0 Å².